The molecule has 2 aliphatic rings. The van der Waals surface area contributed by atoms with Gasteiger partial charge >= 0.3 is 6.03 Å². The van der Waals surface area contributed by atoms with Crippen LogP contribution in [0, 0.1) is 0 Å². The van der Waals surface area contributed by atoms with E-state index in [1.165, 1.54) is 22.6 Å². The first-order valence-electron chi connectivity index (χ1n) is 10.0. The Hall–Kier alpha value is -1.90. The number of morpholine rings is 1. The van der Waals surface area contributed by atoms with E-state index in [4.69, 9.17) is 9.72 Å². The van der Waals surface area contributed by atoms with E-state index >= 15 is 0 Å². The number of fused-ring (bicyclic) bond motifs is 1. The number of ether oxygens (including phenoxy) is 1. The Labute approximate surface area is 169 Å². The number of urea groups is 1. The number of piperidine rings is 1. The number of nitrogens with zero attached hydrogens (tertiary/aromatic N) is 3. The molecule has 2 saturated heterocycles. The molecule has 4 rings (SSSR count). The fraction of sp³-hybridized carbons (Fsp3) is 0.600. The molecule has 3 heterocycles. The van der Waals surface area contributed by atoms with Gasteiger partial charge in [0.25, 0.3) is 0 Å². The van der Waals surface area contributed by atoms with E-state index < -0.39 is 5.60 Å². The lowest BCUT2D eigenvalue weighted by molar-refractivity contribution is 0.00570. The van der Waals surface area contributed by atoms with Gasteiger partial charge in [-0.3, -0.25) is 5.32 Å². The van der Waals surface area contributed by atoms with Crippen LogP contribution >= 0.6 is 11.3 Å². The third-order valence-corrected chi connectivity index (χ3v) is 6.67. The topological polar surface area (TPSA) is 77.9 Å². The molecule has 2 amide bonds. The summed E-state index contributed by atoms with van der Waals surface area (Å²) in [6, 6.07) is 4.18. The summed E-state index contributed by atoms with van der Waals surface area (Å²) in [5, 5.41) is 13.7. The molecule has 28 heavy (non-hydrogen) atoms. The summed E-state index contributed by atoms with van der Waals surface area (Å²) in [7, 11) is 0. The maximum absolute atomic E-state index is 12.7. The first-order chi connectivity index (χ1) is 13.5. The van der Waals surface area contributed by atoms with Crippen LogP contribution in [0.3, 0.4) is 0 Å². The summed E-state index contributed by atoms with van der Waals surface area (Å²) in [4.78, 5) is 21.5. The van der Waals surface area contributed by atoms with E-state index in [-0.39, 0.29) is 6.03 Å². The zero-order chi connectivity index (χ0) is 19.7. The lowest BCUT2D eigenvalue weighted by Crippen LogP contribution is -2.46. The Balaban J connectivity index is 1.57. The molecule has 0 aliphatic carbocycles. The molecule has 2 aromatic rings. The second kappa shape index (κ2) is 7.85. The van der Waals surface area contributed by atoms with Crippen LogP contribution in [0.25, 0.3) is 10.2 Å². The Bertz CT molecular complexity index is 850. The fourth-order valence-electron chi connectivity index (χ4n) is 3.80. The minimum absolute atomic E-state index is 0.138. The van der Waals surface area contributed by atoms with Gasteiger partial charge in [0.1, 0.15) is 0 Å². The van der Waals surface area contributed by atoms with Crippen molar-refractivity contribution in [2.24, 2.45) is 0 Å². The van der Waals surface area contributed by atoms with Crippen molar-refractivity contribution in [3.63, 3.8) is 0 Å². The van der Waals surface area contributed by atoms with Crippen molar-refractivity contribution >= 4 is 38.4 Å². The van der Waals surface area contributed by atoms with Gasteiger partial charge in [-0.2, -0.15) is 0 Å². The molecular formula is C20H28N4O3S. The van der Waals surface area contributed by atoms with Gasteiger partial charge in [0.2, 0.25) is 0 Å². The number of carbonyl (C=O) groups is 1. The number of hydrogen-bond donors (Lipinski definition) is 2. The van der Waals surface area contributed by atoms with Crippen LogP contribution in [0.5, 0.6) is 0 Å². The lowest BCUT2D eigenvalue weighted by Gasteiger charge is -2.35. The first kappa shape index (κ1) is 19.4. The standard InChI is InChI=1S/C20H28N4O3S/c1-3-14-4-5-15(23-10-12-27-13-11-23)17-16(14)21-18(28-17)22-19(25)24-8-6-20(2,26)7-9-24/h4-5,26H,3,6-13H2,1-2H3,(H,21,22,25). The third kappa shape index (κ3) is 3.94. The van der Waals surface area contributed by atoms with E-state index in [0.29, 0.717) is 31.1 Å². The highest BCUT2D eigenvalue weighted by Crippen LogP contribution is 2.37. The monoisotopic (exact) mass is 404 g/mol. The number of anilines is 2. The number of thiazole rings is 1. The SMILES string of the molecule is CCc1ccc(N2CCOCC2)c2sc(NC(=O)N3CCC(C)(O)CC3)nc12. The van der Waals surface area contributed by atoms with Gasteiger partial charge in [0.05, 0.1) is 34.7 Å². The van der Waals surface area contributed by atoms with Crippen LogP contribution in [0.15, 0.2) is 12.1 Å². The highest BCUT2D eigenvalue weighted by Gasteiger charge is 2.30. The van der Waals surface area contributed by atoms with E-state index in [9.17, 15) is 9.90 Å². The normalized spacial score (nSPS) is 19.8. The van der Waals surface area contributed by atoms with Crippen molar-refractivity contribution in [3.05, 3.63) is 17.7 Å². The summed E-state index contributed by atoms with van der Waals surface area (Å²) >= 11 is 1.54. The van der Waals surface area contributed by atoms with Crippen LogP contribution < -0.4 is 10.2 Å². The molecule has 0 spiro atoms. The van der Waals surface area contributed by atoms with Gasteiger partial charge < -0.3 is 19.6 Å². The van der Waals surface area contributed by atoms with Crippen LogP contribution in [-0.2, 0) is 11.2 Å². The van der Waals surface area contributed by atoms with Crippen molar-refractivity contribution < 1.29 is 14.6 Å². The van der Waals surface area contributed by atoms with E-state index in [0.717, 1.165) is 42.9 Å². The number of carbonyl (C=O) groups excluding carboxylic acids is 1. The summed E-state index contributed by atoms with van der Waals surface area (Å²) in [5.41, 5.74) is 2.67. The predicted molar refractivity (Wildman–Crippen MR) is 112 cm³/mol. The minimum Gasteiger partial charge on any atom is -0.390 e. The number of likely N-dealkylation sites (tertiary alicyclic amines) is 1. The largest absolute Gasteiger partial charge is 0.390 e. The number of benzene rings is 1. The maximum Gasteiger partial charge on any atom is 0.323 e. The average molecular weight is 405 g/mol. The Morgan fingerprint density at radius 3 is 2.68 bits per heavy atom. The molecule has 8 heteroatoms. The van der Waals surface area contributed by atoms with Gasteiger partial charge in [0, 0.05) is 26.2 Å². The third-order valence-electron chi connectivity index (χ3n) is 5.68. The number of aromatic nitrogens is 1. The van der Waals surface area contributed by atoms with Crippen molar-refractivity contribution in [1.82, 2.24) is 9.88 Å². The van der Waals surface area contributed by atoms with E-state index in [1.807, 2.05) is 6.92 Å². The lowest BCUT2D eigenvalue weighted by atomic mass is 9.94. The number of hydrogen-bond acceptors (Lipinski definition) is 6. The Morgan fingerprint density at radius 1 is 1.29 bits per heavy atom. The molecule has 0 unspecified atom stereocenters. The Kier molecular flexibility index (Phi) is 5.44. The van der Waals surface area contributed by atoms with Gasteiger partial charge in [-0.1, -0.05) is 24.3 Å². The molecule has 0 atom stereocenters. The first-order valence-corrected chi connectivity index (χ1v) is 10.8. The molecule has 152 valence electrons. The predicted octanol–water partition coefficient (Wildman–Crippen LogP) is 3.07. The van der Waals surface area contributed by atoms with E-state index in [2.05, 4.69) is 29.3 Å². The van der Waals surface area contributed by atoms with Crippen LogP contribution in [0.2, 0.25) is 0 Å². The van der Waals surface area contributed by atoms with Crippen molar-refractivity contribution in [3.8, 4) is 0 Å². The molecule has 0 radical (unpaired) electrons. The van der Waals surface area contributed by atoms with Gasteiger partial charge in [-0.05, 0) is 37.8 Å². The highest BCUT2D eigenvalue weighted by atomic mass is 32.1. The molecule has 2 aliphatic heterocycles. The smallest absolute Gasteiger partial charge is 0.323 e. The highest BCUT2D eigenvalue weighted by molar-refractivity contribution is 7.23. The molecule has 2 fully saturated rings. The van der Waals surface area contributed by atoms with Crippen molar-refractivity contribution in [2.75, 3.05) is 49.6 Å². The van der Waals surface area contributed by atoms with E-state index in [1.54, 1.807) is 4.90 Å². The van der Waals surface area contributed by atoms with Crippen LogP contribution in [-0.4, -0.2) is 66.0 Å². The average Bonchev–Trinajstić information content (AvgIpc) is 3.11. The minimum atomic E-state index is -0.671. The molecule has 1 aromatic heterocycles. The van der Waals surface area contributed by atoms with Crippen molar-refractivity contribution in [1.29, 1.82) is 0 Å². The number of rotatable bonds is 3. The van der Waals surface area contributed by atoms with Crippen LogP contribution in [0.4, 0.5) is 15.6 Å². The number of nitrogens with one attached hydrogen (secondary N) is 1. The van der Waals surface area contributed by atoms with Crippen molar-refractivity contribution in [2.45, 2.75) is 38.7 Å². The quantitative estimate of drug-likeness (QED) is 0.822. The molecule has 2 N–H and O–H groups in total. The van der Waals surface area contributed by atoms with Gasteiger partial charge in [0.15, 0.2) is 5.13 Å². The molecular weight excluding hydrogens is 376 g/mol. The maximum atomic E-state index is 12.7. The number of aliphatic hydroxyl groups is 1. The summed E-state index contributed by atoms with van der Waals surface area (Å²) in [5.74, 6) is 0. The summed E-state index contributed by atoms with van der Waals surface area (Å²) in [6.45, 7) is 8.28. The second-order valence-electron chi connectivity index (χ2n) is 7.81. The molecule has 0 saturated carbocycles. The van der Waals surface area contributed by atoms with Gasteiger partial charge in [-0.15, -0.1) is 0 Å². The molecule has 0 bridgehead atoms. The second-order valence-corrected chi connectivity index (χ2v) is 8.81. The fourth-order valence-corrected chi connectivity index (χ4v) is 4.84. The zero-order valence-electron chi connectivity index (χ0n) is 16.5. The summed E-state index contributed by atoms with van der Waals surface area (Å²) in [6.07, 6.45) is 2.10. The Morgan fingerprint density at radius 2 is 2.00 bits per heavy atom. The number of aryl methyl sites for hydroxylation is 1. The number of amides is 2. The molecule has 7 nitrogen and oxygen atoms in total. The summed E-state index contributed by atoms with van der Waals surface area (Å²) < 4.78 is 6.61. The van der Waals surface area contributed by atoms with Crippen LogP contribution in [0.1, 0.15) is 32.3 Å². The molecule has 1 aromatic carbocycles. The van der Waals surface area contributed by atoms with Gasteiger partial charge in [-0.25, -0.2) is 9.78 Å². The zero-order valence-corrected chi connectivity index (χ0v) is 17.3.